The highest BCUT2D eigenvalue weighted by Crippen LogP contribution is 2.41. The van der Waals surface area contributed by atoms with E-state index in [2.05, 4.69) is 86.6 Å². The molecule has 6 aromatic rings. The predicted molar refractivity (Wildman–Crippen MR) is 131 cm³/mol. The van der Waals surface area contributed by atoms with Crippen LogP contribution < -0.4 is 0 Å². The normalized spacial score (nSPS) is 12.0. The second-order valence-corrected chi connectivity index (χ2v) is 8.74. The van der Waals surface area contributed by atoms with Gasteiger partial charge in [-0.15, -0.1) is 0 Å². The first kappa shape index (κ1) is 18.1. The summed E-state index contributed by atoms with van der Waals surface area (Å²) in [6, 6.07) is 29.9. The van der Waals surface area contributed by atoms with E-state index in [1.807, 2.05) is 12.1 Å². The minimum atomic E-state index is 0.608. The monoisotopic (exact) mass is 401 g/mol. The summed E-state index contributed by atoms with van der Waals surface area (Å²) in [7, 11) is 0. The zero-order valence-corrected chi connectivity index (χ0v) is 17.7. The minimum absolute atomic E-state index is 0.608. The standard InChI is InChI=1S/C29H23NO/c1-18(2)16-19-14-15-25-24(17-19)27-23-11-5-6-13-26(23)31-29(27)28(30-25)22-12-7-9-20-8-3-4-10-21(20)22/h3-15,17-18H,16H2,1-2H3. The van der Waals surface area contributed by atoms with Crippen LogP contribution in [0.2, 0.25) is 0 Å². The molecular weight excluding hydrogens is 378 g/mol. The largest absolute Gasteiger partial charge is 0.454 e. The van der Waals surface area contributed by atoms with E-state index in [0.717, 1.165) is 45.1 Å². The molecule has 0 spiro atoms. The Hall–Kier alpha value is -3.65. The maximum absolute atomic E-state index is 6.45. The van der Waals surface area contributed by atoms with Gasteiger partial charge in [0.05, 0.1) is 5.52 Å². The maximum Gasteiger partial charge on any atom is 0.162 e. The summed E-state index contributed by atoms with van der Waals surface area (Å²) < 4.78 is 6.45. The highest BCUT2D eigenvalue weighted by atomic mass is 16.3. The topological polar surface area (TPSA) is 26.0 Å². The molecule has 0 radical (unpaired) electrons. The second-order valence-electron chi connectivity index (χ2n) is 8.74. The Balaban J connectivity index is 1.76. The molecular formula is C29H23NO. The Morgan fingerprint density at radius 1 is 0.774 bits per heavy atom. The number of hydrogen-bond acceptors (Lipinski definition) is 2. The van der Waals surface area contributed by atoms with Crippen LogP contribution in [0.5, 0.6) is 0 Å². The molecule has 2 nitrogen and oxygen atoms in total. The van der Waals surface area contributed by atoms with E-state index >= 15 is 0 Å². The van der Waals surface area contributed by atoms with Crippen molar-refractivity contribution < 1.29 is 4.42 Å². The number of fused-ring (bicyclic) bond motifs is 6. The minimum Gasteiger partial charge on any atom is -0.454 e. The number of furan rings is 1. The van der Waals surface area contributed by atoms with Crippen LogP contribution >= 0.6 is 0 Å². The summed E-state index contributed by atoms with van der Waals surface area (Å²) >= 11 is 0. The Morgan fingerprint density at radius 3 is 2.42 bits per heavy atom. The van der Waals surface area contributed by atoms with Crippen molar-refractivity contribution in [2.24, 2.45) is 5.92 Å². The van der Waals surface area contributed by atoms with Gasteiger partial charge in [0.25, 0.3) is 0 Å². The summed E-state index contributed by atoms with van der Waals surface area (Å²) in [6.45, 7) is 4.52. The van der Waals surface area contributed by atoms with Crippen LogP contribution in [0.3, 0.4) is 0 Å². The summed E-state index contributed by atoms with van der Waals surface area (Å²) in [5.74, 6) is 0.608. The van der Waals surface area contributed by atoms with Crippen LogP contribution in [0.1, 0.15) is 19.4 Å². The number of hydrogen-bond donors (Lipinski definition) is 0. The molecule has 0 atom stereocenters. The maximum atomic E-state index is 6.45. The van der Waals surface area contributed by atoms with Gasteiger partial charge in [-0.3, -0.25) is 0 Å². The van der Waals surface area contributed by atoms with Gasteiger partial charge in [0.1, 0.15) is 11.3 Å². The van der Waals surface area contributed by atoms with Gasteiger partial charge in [-0.2, -0.15) is 0 Å². The highest BCUT2D eigenvalue weighted by molar-refractivity contribution is 6.21. The molecule has 0 unspecified atom stereocenters. The molecule has 4 aromatic carbocycles. The summed E-state index contributed by atoms with van der Waals surface area (Å²) in [6.07, 6.45) is 1.05. The Bertz CT molecular complexity index is 1580. The summed E-state index contributed by atoms with van der Waals surface area (Å²) in [5, 5.41) is 5.87. The van der Waals surface area contributed by atoms with E-state index in [1.165, 1.54) is 21.7 Å². The number of rotatable bonds is 3. The highest BCUT2D eigenvalue weighted by Gasteiger charge is 2.19. The molecule has 0 saturated heterocycles. The molecule has 6 rings (SSSR count). The molecule has 0 saturated carbocycles. The molecule has 2 heterocycles. The first-order valence-electron chi connectivity index (χ1n) is 10.9. The number of para-hydroxylation sites is 1. The number of benzene rings is 4. The number of nitrogens with zero attached hydrogens (tertiary/aromatic N) is 1. The quantitative estimate of drug-likeness (QED) is 0.299. The zero-order chi connectivity index (χ0) is 20.9. The van der Waals surface area contributed by atoms with Gasteiger partial charge in [-0.25, -0.2) is 4.98 Å². The SMILES string of the molecule is CC(C)Cc1ccc2nc(-c3cccc4ccccc34)c3oc4ccccc4c3c2c1. The number of pyridine rings is 1. The molecule has 0 aliphatic carbocycles. The van der Waals surface area contributed by atoms with Gasteiger partial charge in [-0.05, 0) is 46.9 Å². The van der Waals surface area contributed by atoms with Crippen molar-refractivity contribution in [1.82, 2.24) is 4.98 Å². The van der Waals surface area contributed by atoms with Gasteiger partial charge in [-0.1, -0.05) is 80.6 Å². The van der Waals surface area contributed by atoms with E-state index in [1.54, 1.807) is 0 Å². The van der Waals surface area contributed by atoms with Gasteiger partial charge >= 0.3 is 0 Å². The van der Waals surface area contributed by atoms with Gasteiger partial charge in [0, 0.05) is 21.7 Å². The van der Waals surface area contributed by atoms with Crippen LogP contribution in [0.15, 0.2) is 89.3 Å². The third-order valence-electron chi connectivity index (χ3n) is 6.06. The first-order valence-corrected chi connectivity index (χ1v) is 10.9. The van der Waals surface area contributed by atoms with Crippen molar-refractivity contribution in [3.8, 4) is 11.3 Å². The van der Waals surface area contributed by atoms with Crippen molar-refractivity contribution in [2.45, 2.75) is 20.3 Å². The van der Waals surface area contributed by atoms with Crippen molar-refractivity contribution in [1.29, 1.82) is 0 Å². The van der Waals surface area contributed by atoms with E-state index in [-0.39, 0.29) is 0 Å². The fraction of sp³-hybridized carbons (Fsp3) is 0.138. The fourth-order valence-corrected chi connectivity index (χ4v) is 4.74. The summed E-state index contributed by atoms with van der Waals surface area (Å²) in [4.78, 5) is 5.15. The molecule has 31 heavy (non-hydrogen) atoms. The van der Waals surface area contributed by atoms with Crippen LogP contribution in [0.25, 0.3) is 54.9 Å². The summed E-state index contributed by atoms with van der Waals surface area (Å²) in [5.41, 5.74) is 6.14. The van der Waals surface area contributed by atoms with Crippen molar-refractivity contribution >= 4 is 43.6 Å². The molecule has 0 bridgehead atoms. The molecule has 2 heteroatoms. The Morgan fingerprint density at radius 2 is 1.55 bits per heavy atom. The third-order valence-corrected chi connectivity index (χ3v) is 6.06. The Kier molecular flexibility index (Phi) is 4.07. The van der Waals surface area contributed by atoms with Crippen molar-refractivity contribution in [2.75, 3.05) is 0 Å². The lowest BCUT2D eigenvalue weighted by atomic mass is 9.96. The first-order chi connectivity index (χ1) is 15.2. The van der Waals surface area contributed by atoms with Gasteiger partial charge < -0.3 is 4.42 Å². The van der Waals surface area contributed by atoms with Gasteiger partial charge in [0.2, 0.25) is 0 Å². The average molecular weight is 402 g/mol. The molecule has 0 aliphatic heterocycles. The van der Waals surface area contributed by atoms with Crippen molar-refractivity contribution in [3.63, 3.8) is 0 Å². The molecule has 0 fully saturated rings. The zero-order valence-electron chi connectivity index (χ0n) is 17.7. The second kappa shape index (κ2) is 6.95. The molecule has 0 aliphatic rings. The van der Waals surface area contributed by atoms with Crippen molar-refractivity contribution in [3.05, 3.63) is 90.5 Å². The smallest absolute Gasteiger partial charge is 0.162 e. The molecule has 0 N–H and O–H groups in total. The molecule has 150 valence electrons. The van der Waals surface area contributed by atoms with Crippen LogP contribution in [0.4, 0.5) is 0 Å². The lowest BCUT2D eigenvalue weighted by molar-refractivity contribution is 0.648. The fourth-order valence-electron chi connectivity index (χ4n) is 4.74. The molecule has 0 amide bonds. The van der Waals surface area contributed by atoms with E-state index < -0.39 is 0 Å². The third kappa shape index (κ3) is 2.90. The van der Waals surface area contributed by atoms with E-state index in [4.69, 9.17) is 9.40 Å². The lowest BCUT2D eigenvalue weighted by Gasteiger charge is -2.11. The number of aromatic nitrogens is 1. The van der Waals surface area contributed by atoms with Crippen LogP contribution in [0, 0.1) is 5.92 Å². The average Bonchev–Trinajstić information content (AvgIpc) is 3.18. The Labute approximate surface area is 181 Å². The lowest BCUT2D eigenvalue weighted by Crippen LogP contribution is -1.95. The van der Waals surface area contributed by atoms with Crippen LogP contribution in [-0.2, 0) is 6.42 Å². The molecule has 2 aromatic heterocycles. The van der Waals surface area contributed by atoms with Gasteiger partial charge in [0.15, 0.2) is 5.58 Å². The van der Waals surface area contributed by atoms with Crippen LogP contribution in [-0.4, -0.2) is 4.98 Å². The predicted octanol–water partition coefficient (Wildman–Crippen LogP) is 8.15. The van der Waals surface area contributed by atoms with E-state index in [0.29, 0.717) is 5.92 Å². The van der Waals surface area contributed by atoms with E-state index in [9.17, 15) is 0 Å².